The quantitative estimate of drug-likeness (QED) is 0.738. The van der Waals surface area contributed by atoms with E-state index in [1.54, 1.807) is 6.92 Å². The summed E-state index contributed by atoms with van der Waals surface area (Å²) in [5.74, 6) is -1.15. The molecule has 0 unspecified atom stereocenters. The van der Waals surface area contributed by atoms with E-state index in [-0.39, 0.29) is 23.3 Å². The van der Waals surface area contributed by atoms with Gasteiger partial charge in [0.25, 0.3) is 5.91 Å². The molecule has 0 radical (unpaired) electrons. The van der Waals surface area contributed by atoms with Gasteiger partial charge in [-0.2, -0.15) is 0 Å². The molecule has 1 heterocycles. The van der Waals surface area contributed by atoms with E-state index in [0.717, 1.165) is 5.56 Å². The van der Waals surface area contributed by atoms with E-state index in [4.69, 9.17) is 14.6 Å². The summed E-state index contributed by atoms with van der Waals surface area (Å²) >= 11 is 0. The number of ether oxygens (including phenoxy) is 2. The fourth-order valence-electron chi connectivity index (χ4n) is 3.19. The van der Waals surface area contributed by atoms with Crippen molar-refractivity contribution in [1.29, 1.82) is 0 Å². The molecule has 2 amide bonds. The lowest BCUT2D eigenvalue weighted by molar-refractivity contribution is -0.139. The second-order valence-electron chi connectivity index (χ2n) is 6.38. The molecule has 3 rings (SSSR count). The highest BCUT2D eigenvalue weighted by Gasteiger charge is 2.35. The predicted octanol–water partition coefficient (Wildman–Crippen LogP) is 1.86. The molecule has 2 N–H and O–H groups in total. The molecule has 1 atom stereocenters. The molecule has 8 heteroatoms. The molecular formula is C21H22N2O6. The number of hydrogen-bond donors (Lipinski definition) is 2. The van der Waals surface area contributed by atoms with Crippen LogP contribution in [0.4, 0.5) is 0 Å². The number of carbonyl (C=O) groups is 3. The first-order valence-electron chi connectivity index (χ1n) is 9.26. The molecule has 1 aliphatic rings. The van der Waals surface area contributed by atoms with Crippen molar-refractivity contribution in [3.63, 3.8) is 0 Å². The molecule has 0 bridgehead atoms. The normalized spacial score (nSPS) is 16.1. The molecule has 0 aromatic heterocycles. The zero-order valence-corrected chi connectivity index (χ0v) is 16.0. The van der Waals surface area contributed by atoms with E-state index in [9.17, 15) is 14.4 Å². The van der Waals surface area contributed by atoms with E-state index >= 15 is 0 Å². The molecular weight excluding hydrogens is 376 g/mol. The van der Waals surface area contributed by atoms with Gasteiger partial charge in [-0.3, -0.25) is 9.59 Å². The Morgan fingerprint density at radius 3 is 2.59 bits per heavy atom. The van der Waals surface area contributed by atoms with Gasteiger partial charge in [0.15, 0.2) is 18.1 Å². The van der Waals surface area contributed by atoms with Crippen LogP contribution < -0.4 is 14.8 Å². The van der Waals surface area contributed by atoms with Gasteiger partial charge < -0.3 is 24.8 Å². The van der Waals surface area contributed by atoms with Gasteiger partial charge in [-0.25, -0.2) is 4.79 Å². The van der Waals surface area contributed by atoms with Gasteiger partial charge in [-0.05, 0) is 30.7 Å². The number of amides is 2. The van der Waals surface area contributed by atoms with Crippen molar-refractivity contribution in [2.45, 2.75) is 13.0 Å². The molecule has 2 aromatic rings. The summed E-state index contributed by atoms with van der Waals surface area (Å²) in [5, 5.41) is 11.6. The molecule has 29 heavy (non-hydrogen) atoms. The molecule has 2 aromatic carbocycles. The van der Waals surface area contributed by atoms with Crippen LogP contribution >= 0.6 is 0 Å². The van der Waals surface area contributed by atoms with E-state index in [0.29, 0.717) is 25.3 Å². The maximum absolute atomic E-state index is 13.2. The zero-order valence-electron chi connectivity index (χ0n) is 16.0. The number of nitrogens with one attached hydrogen (secondary N) is 1. The van der Waals surface area contributed by atoms with Crippen LogP contribution in [0, 0.1) is 0 Å². The Bertz CT molecular complexity index is 899. The first-order valence-corrected chi connectivity index (χ1v) is 9.26. The van der Waals surface area contributed by atoms with Crippen LogP contribution in [0.3, 0.4) is 0 Å². The second kappa shape index (κ2) is 9.09. The molecule has 0 saturated carbocycles. The van der Waals surface area contributed by atoms with E-state index in [2.05, 4.69) is 5.32 Å². The average molecular weight is 398 g/mol. The topological polar surface area (TPSA) is 105 Å². The molecule has 1 fully saturated rings. The Labute approximate surface area is 168 Å². The number of rotatable bonds is 7. The fourth-order valence-corrected chi connectivity index (χ4v) is 3.19. The van der Waals surface area contributed by atoms with Crippen LogP contribution in [0.25, 0.3) is 0 Å². The van der Waals surface area contributed by atoms with E-state index in [1.807, 2.05) is 30.3 Å². The maximum atomic E-state index is 13.2. The van der Waals surface area contributed by atoms with Gasteiger partial charge in [0, 0.05) is 18.7 Å². The number of benzene rings is 2. The van der Waals surface area contributed by atoms with Crippen molar-refractivity contribution in [1.82, 2.24) is 10.2 Å². The number of carboxylic acids is 1. The number of carbonyl (C=O) groups excluding carboxylic acids is 2. The van der Waals surface area contributed by atoms with Crippen molar-refractivity contribution in [3.05, 3.63) is 59.7 Å². The molecule has 1 saturated heterocycles. The van der Waals surface area contributed by atoms with Crippen LogP contribution in [-0.4, -0.2) is 54.1 Å². The van der Waals surface area contributed by atoms with Gasteiger partial charge in [0.2, 0.25) is 5.91 Å². The number of piperazine rings is 1. The van der Waals surface area contributed by atoms with Crippen LogP contribution in [0.1, 0.15) is 28.9 Å². The number of nitrogens with zero attached hydrogens (tertiary/aromatic N) is 1. The Morgan fingerprint density at radius 1 is 1.14 bits per heavy atom. The van der Waals surface area contributed by atoms with Crippen LogP contribution in [0.2, 0.25) is 0 Å². The third kappa shape index (κ3) is 4.66. The van der Waals surface area contributed by atoms with E-state index < -0.39 is 18.6 Å². The second-order valence-corrected chi connectivity index (χ2v) is 6.38. The van der Waals surface area contributed by atoms with E-state index in [1.165, 1.54) is 23.1 Å². The van der Waals surface area contributed by atoms with Crippen LogP contribution in [-0.2, 0) is 9.59 Å². The maximum Gasteiger partial charge on any atom is 0.341 e. The number of aliphatic carboxylic acids is 1. The third-order valence-corrected chi connectivity index (χ3v) is 4.43. The lowest BCUT2D eigenvalue weighted by atomic mass is 10.0. The first kappa shape index (κ1) is 20.2. The summed E-state index contributed by atoms with van der Waals surface area (Å²) < 4.78 is 10.7. The number of carboxylic acid groups (broad SMARTS) is 1. The minimum Gasteiger partial charge on any atom is -0.490 e. The monoisotopic (exact) mass is 398 g/mol. The lowest BCUT2D eigenvalue weighted by Crippen LogP contribution is -2.52. The molecule has 8 nitrogen and oxygen atoms in total. The zero-order chi connectivity index (χ0) is 20.8. The standard InChI is InChI=1S/C21H22N2O6/c1-2-28-17-12-15(8-9-16(17)29-13-18(24)25)21(27)23-11-10-22-20(26)19(23)14-6-4-3-5-7-14/h3-9,12,19H,2,10-11,13H2,1H3,(H,22,26)(H,24,25)/t19-/m0/s1. The fraction of sp³-hybridized carbons (Fsp3) is 0.286. The summed E-state index contributed by atoms with van der Waals surface area (Å²) in [6.07, 6.45) is 0. The number of hydrogen-bond acceptors (Lipinski definition) is 5. The van der Waals surface area contributed by atoms with Crippen molar-refractivity contribution in [3.8, 4) is 11.5 Å². The van der Waals surface area contributed by atoms with Gasteiger partial charge >= 0.3 is 5.97 Å². The highest BCUT2D eigenvalue weighted by Crippen LogP contribution is 2.31. The molecule has 0 spiro atoms. The smallest absolute Gasteiger partial charge is 0.341 e. The van der Waals surface area contributed by atoms with Crippen molar-refractivity contribution >= 4 is 17.8 Å². The average Bonchev–Trinajstić information content (AvgIpc) is 2.73. The summed E-state index contributed by atoms with van der Waals surface area (Å²) in [6.45, 7) is 2.31. The van der Waals surface area contributed by atoms with Crippen molar-refractivity contribution in [2.24, 2.45) is 0 Å². The Hall–Kier alpha value is -3.55. The largest absolute Gasteiger partial charge is 0.490 e. The summed E-state index contributed by atoms with van der Waals surface area (Å²) in [5.41, 5.74) is 1.05. The van der Waals surface area contributed by atoms with Crippen LogP contribution in [0.15, 0.2) is 48.5 Å². The third-order valence-electron chi connectivity index (χ3n) is 4.43. The highest BCUT2D eigenvalue weighted by atomic mass is 16.5. The van der Waals surface area contributed by atoms with Crippen molar-refractivity contribution < 1.29 is 29.0 Å². The first-order chi connectivity index (χ1) is 14.0. The summed E-state index contributed by atoms with van der Waals surface area (Å²) in [7, 11) is 0. The molecule has 152 valence electrons. The highest BCUT2D eigenvalue weighted by molar-refractivity contribution is 5.99. The Kier molecular flexibility index (Phi) is 6.33. The molecule has 0 aliphatic carbocycles. The van der Waals surface area contributed by atoms with Gasteiger partial charge in [0.05, 0.1) is 6.61 Å². The van der Waals surface area contributed by atoms with Crippen LogP contribution in [0.5, 0.6) is 11.5 Å². The Balaban J connectivity index is 1.90. The Morgan fingerprint density at radius 2 is 1.90 bits per heavy atom. The van der Waals surface area contributed by atoms with Gasteiger partial charge in [-0.1, -0.05) is 30.3 Å². The predicted molar refractivity (Wildman–Crippen MR) is 104 cm³/mol. The minimum atomic E-state index is -1.11. The van der Waals surface area contributed by atoms with Gasteiger partial charge in [0.1, 0.15) is 6.04 Å². The summed E-state index contributed by atoms with van der Waals surface area (Å²) in [4.78, 5) is 38.0. The summed E-state index contributed by atoms with van der Waals surface area (Å²) in [6, 6.07) is 12.9. The minimum absolute atomic E-state index is 0.234. The lowest BCUT2D eigenvalue weighted by Gasteiger charge is -2.35. The van der Waals surface area contributed by atoms with Crippen molar-refractivity contribution in [2.75, 3.05) is 26.3 Å². The van der Waals surface area contributed by atoms with Gasteiger partial charge in [-0.15, -0.1) is 0 Å². The SMILES string of the molecule is CCOc1cc(C(=O)N2CCNC(=O)[C@@H]2c2ccccc2)ccc1OCC(=O)O. The molecule has 1 aliphatic heterocycles.